The third kappa shape index (κ3) is 3.92. The van der Waals surface area contributed by atoms with Gasteiger partial charge in [-0.05, 0) is 62.7 Å². The van der Waals surface area contributed by atoms with E-state index in [-0.39, 0.29) is 11.5 Å². The lowest BCUT2D eigenvalue weighted by atomic mass is 10.1. The third-order valence-corrected chi connectivity index (χ3v) is 3.93. The smallest absolute Gasteiger partial charge is 0.264 e. The van der Waals surface area contributed by atoms with Gasteiger partial charge in [-0.3, -0.25) is 4.79 Å². The SMILES string of the molecule is CCOc1ccc(-n2c(C)cc(/C=C(/C#N)C(=O)N(C)C)c2C)cc1. The van der Waals surface area contributed by atoms with Crippen LogP contribution in [0.25, 0.3) is 11.8 Å². The van der Waals surface area contributed by atoms with Gasteiger partial charge in [0.1, 0.15) is 17.4 Å². The quantitative estimate of drug-likeness (QED) is 0.620. The molecule has 2 rings (SSSR count). The third-order valence-electron chi connectivity index (χ3n) is 3.93. The molecule has 0 fully saturated rings. The monoisotopic (exact) mass is 337 g/mol. The van der Waals surface area contributed by atoms with E-state index in [2.05, 4.69) is 4.57 Å². The maximum absolute atomic E-state index is 12.1. The molecule has 1 aromatic carbocycles. The average Bonchev–Trinajstić information content (AvgIpc) is 2.87. The maximum atomic E-state index is 12.1. The molecule has 0 N–H and O–H groups in total. The number of nitriles is 1. The number of amides is 1. The first-order valence-electron chi connectivity index (χ1n) is 8.14. The van der Waals surface area contributed by atoms with Crippen molar-refractivity contribution < 1.29 is 9.53 Å². The lowest BCUT2D eigenvalue weighted by Crippen LogP contribution is -2.22. The number of hydrogen-bond acceptors (Lipinski definition) is 3. The molecule has 130 valence electrons. The van der Waals surface area contributed by atoms with Gasteiger partial charge in [0, 0.05) is 31.2 Å². The number of carbonyl (C=O) groups is 1. The summed E-state index contributed by atoms with van der Waals surface area (Å²) in [5.74, 6) is 0.533. The minimum atomic E-state index is -0.298. The Morgan fingerprint density at radius 2 is 1.92 bits per heavy atom. The van der Waals surface area contributed by atoms with Crippen LogP contribution in [-0.4, -0.2) is 36.1 Å². The fourth-order valence-electron chi connectivity index (χ4n) is 2.73. The highest BCUT2D eigenvalue weighted by Crippen LogP contribution is 2.24. The summed E-state index contributed by atoms with van der Waals surface area (Å²) in [6.07, 6.45) is 1.65. The number of benzene rings is 1. The van der Waals surface area contributed by atoms with Gasteiger partial charge in [-0.1, -0.05) is 0 Å². The summed E-state index contributed by atoms with van der Waals surface area (Å²) in [5.41, 5.74) is 3.99. The van der Waals surface area contributed by atoms with Crippen molar-refractivity contribution in [1.29, 1.82) is 5.26 Å². The Hall–Kier alpha value is -3.00. The van der Waals surface area contributed by atoms with Crippen LogP contribution >= 0.6 is 0 Å². The van der Waals surface area contributed by atoms with Crippen molar-refractivity contribution in [2.45, 2.75) is 20.8 Å². The van der Waals surface area contributed by atoms with Crippen molar-refractivity contribution in [3.8, 4) is 17.5 Å². The van der Waals surface area contributed by atoms with Crippen LogP contribution in [0.4, 0.5) is 0 Å². The first kappa shape index (κ1) is 18.3. The Bertz CT molecular complexity index is 837. The summed E-state index contributed by atoms with van der Waals surface area (Å²) in [4.78, 5) is 13.5. The van der Waals surface area contributed by atoms with Gasteiger partial charge in [0.15, 0.2) is 0 Å². The number of rotatable bonds is 5. The molecule has 0 unspecified atom stereocenters. The van der Waals surface area contributed by atoms with Gasteiger partial charge < -0.3 is 14.2 Å². The largest absolute Gasteiger partial charge is 0.494 e. The van der Waals surface area contributed by atoms with Gasteiger partial charge in [-0.15, -0.1) is 0 Å². The molecule has 1 heterocycles. The van der Waals surface area contributed by atoms with Gasteiger partial charge in [-0.2, -0.15) is 5.26 Å². The second-order valence-electron chi connectivity index (χ2n) is 5.96. The molecule has 0 aliphatic heterocycles. The number of hydrogen-bond donors (Lipinski definition) is 0. The van der Waals surface area contributed by atoms with Gasteiger partial charge in [-0.25, -0.2) is 0 Å². The lowest BCUT2D eigenvalue weighted by molar-refractivity contribution is -0.124. The summed E-state index contributed by atoms with van der Waals surface area (Å²) in [6, 6.07) is 11.8. The number of carbonyl (C=O) groups excluding carboxylic acids is 1. The van der Waals surface area contributed by atoms with Crippen LogP contribution in [0.1, 0.15) is 23.9 Å². The van der Waals surface area contributed by atoms with Crippen LogP contribution in [-0.2, 0) is 4.79 Å². The predicted octanol–water partition coefficient (Wildman–Crippen LogP) is 3.49. The van der Waals surface area contributed by atoms with Crippen LogP contribution in [0.2, 0.25) is 0 Å². The molecular formula is C20H23N3O2. The zero-order valence-corrected chi connectivity index (χ0v) is 15.3. The summed E-state index contributed by atoms with van der Waals surface area (Å²) in [7, 11) is 3.27. The molecule has 1 amide bonds. The van der Waals surface area contributed by atoms with E-state index in [1.807, 2.05) is 57.2 Å². The number of likely N-dealkylation sites (N-methyl/N-ethyl adjacent to an activating group) is 1. The summed E-state index contributed by atoms with van der Waals surface area (Å²) in [6.45, 7) is 6.56. The van der Waals surface area contributed by atoms with Crippen LogP contribution in [0.3, 0.4) is 0 Å². The lowest BCUT2D eigenvalue weighted by Gasteiger charge is -2.11. The Balaban J connectivity index is 2.44. The Morgan fingerprint density at radius 1 is 1.28 bits per heavy atom. The van der Waals surface area contributed by atoms with Crippen LogP contribution < -0.4 is 4.74 Å². The van der Waals surface area contributed by atoms with E-state index in [1.54, 1.807) is 20.2 Å². The molecule has 5 nitrogen and oxygen atoms in total. The van der Waals surface area contributed by atoms with Crippen molar-refractivity contribution in [1.82, 2.24) is 9.47 Å². The first-order valence-corrected chi connectivity index (χ1v) is 8.14. The van der Waals surface area contributed by atoms with Gasteiger partial charge >= 0.3 is 0 Å². The highest BCUT2D eigenvalue weighted by atomic mass is 16.5. The fraction of sp³-hybridized carbons (Fsp3) is 0.300. The Morgan fingerprint density at radius 3 is 2.44 bits per heavy atom. The molecule has 0 radical (unpaired) electrons. The van der Waals surface area contributed by atoms with E-state index < -0.39 is 0 Å². The molecule has 0 bridgehead atoms. The van der Waals surface area contributed by atoms with Crippen LogP contribution in [0.5, 0.6) is 5.75 Å². The summed E-state index contributed by atoms with van der Waals surface area (Å²) in [5, 5.41) is 9.29. The van der Waals surface area contributed by atoms with Gasteiger partial charge in [0.25, 0.3) is 5.91 Å². The number of nitrogens with zero attached hydrogens (tertiary/aromatic N) is 3. The van der Waals surface area contributed by atoms with E-state index in [1.165, 1.54) is 4.90 Å². The normalized spacial score (nSPS) is 11.1. The number of aryl methyl sites for hydroxylation is 1. The molecular weight excluding hydrogens is 314 g/mol. The van der Waals surface area contributed by atoms with E-state index in [9.17, 15) is 10.1 Å². The second kappa shape index (κ2) is 7.71. The van der Waals surface area contributed by atoms with Crippen molar-refractivity contribution >= 4 is 12.0 Å². The summed E-state index contributed by atoms with van der Waals surface area (Å²) >= 11 is 0. The van der Waals surface area contributed by atoms with E-state index >= 15 is 0 Å². The van der Waals surface area contributed by atoms with Gasteiger partial charge in [0.05, 0.1) is 6.61 Å². The fourth-order valence-corrected chi connectivity index (χ4v) is 2.73. The predicted molar refractivity (Wildman–Crippen MR) is 98.7 cm³/mol. The molecule has 0 aliphatic carbocycles. The number of ether oxygens (including phenoxy) is 1. The first-order chi connectivity index (χ1) is 11.9. The molecule has 5 heteroatoms. The molecule has 0 saturated heterocycles. The van der Waals surface area contributed by atoms with E-state index in [4.69, 9.17) is 4.74 Å². The van der Waals surface area contributed by atoms with Crippen molar-refractivity contribution in [3.63, 3.8) is 0 Å². The zero-order valence-electron chi connectivity index (χ0n) is 15.3. The van der Waals surface area contributed by atoms with Crippen molar-refractivity contribution in [2.24, 2.45) is 0 Å². The van der Waals surface area contributed by atoms with Crippen LogP contribution in [0, 0.1) is 25.2 Å². The topological polar surface area (TPSA) is 58.3 Å². The highest BCUT2D eigenvalue weighted by molar-refractivity contribution is 6.01. The molecule has 1 aromatic heterocycles. The molecule has 2 aromatic rings. The Labute approximate surface area is 148 Å². The zero-order chi connectivity index (χ0) is 18.6. The maximum Gasteiger partial charge on any atom is 0.264 e. The van der Waals surface area contributed by atoms with Crippen LogP contribution in [0.15, 0.2) is 35.9 Å². The second-order valence-corrected chi connectivity index (χ2v) is 5.96. The van der Waals surface area contributed by atoms with Crippen molar-refractivity contribution in [3.05, 3.63) is 52.9 Å². The minimum absolute atomic E-state index is 0.122. The molecule has 0 spiro atoms. The molecule has 25 heavy (non-hydrogen) atoms. The average molecular weight is 337 g/mol. The van der Waals surface area contributed by atoms with Crippen molar-refractivity contribution in [2.75, 3.05) is 20.7 Å². The van der Waals surface area contributed by atoms with E-state index in [0.717, 1.165) is 28.4 Å². The van der Waals surface area contributed by atoms with Gasteiger partial charge in [0.2, 0.25) is 0 Å². The Kier molecular flexibility index (Phi) is 5.66. The minimum Gasteiger partial charge on any atom is -0.494 e. The standard InChI is InChI=1S/C20H23N3O2/c1-6-25-19-9-7-18(8-10-19)23-14(2)11-16(15(23)3)12-17(13-21)20(24)22(4)5/h7-12H,6H2,1-5H3/b17-12-. The van der Waals surface area contributed by atoms with E-state index in [0.29, 0.717) is 6.61 Å². The number of aromatic nitrogens is 1. The highest BCUT2D eigenvalue weighted by Gasteiger charge is 2.14. The molecule has 0 aliphatic rings. The summed E-state index contributed by atoms with van der Waals surface area (Å²) < 4.78 is 7.58. The molecule has 0 atom stereocenters. The molecule has 0 saturated carbocycles.